The van der Waals surface area contributed by atoms with E-state index >= 15 is 0 Å². The number of nitrogens with one attached hydrogen (secondary N) is 1. The molecule has 0 fully saturated rings. The third-order valence-corrected chi connectivity index (χ3v) is 5.02. The predicted molar refractivity (Wildman–Crippen MR) is 104 cm³/mol. The molecule has 1 aliphatic rings. The molecule has 1 atom stereocenters. The van der Waals surface area contributed by atoms with Crippen molar-refractivity contribution in [3.05, 3.63) is 40.5 Å². The van der Waals surface area contributed by atoms with Crippen LogP contribution < -0.4 is 10.2 Å². The fourth-order valence-corrected chi connectivity index (χ4v) is 3.26. The van der Waals surface area contributed by atoms with Crippen molar-refractivity contribution in [3.8, 4) is 0 Å². The number of benzene rings is 1. The molecule has 2 aromatic rings. The molecule has 146 valence electrons. The molecule has 0 radical (unpaired) electrons. The van der Waals surface area contributed by atoms with E-state index in [1.54, 1.807) is 29.6 Å². The van der Waals surface area contributed by atoms with Gasteiger partial charge in [-0.2, -0.15) is 4.98 Å². The number of aromatic nitrogens is 2. The Morgan fingerprint density at radius 1 is 1.22 bits per heavy atom. The van der Waals surface area contributed by atoms with Gasteiger partial charge in [0, 0.05) is 32.3 Å². The molecule has 3 rings (SSSR count). The lowest BCUT2D eigenvalue weighted by molar-refractivity contribution is 0.0152. The highest BCUT2D eigenvalue weighted by atomic mass is 35.5. The summed E-state index contributed by atoms with van der Waals surface area (Å²) in [7, 11) is 3.24. The number of anilines is 2. The average molecular weight is 394 g/mol. The molecule has 0 aliphatic carbocycles. The summed E-state index contributed by atoms with van der Waals surface area (Å²) in [6.45, 7) is 1.10. The number of carbonyl (C=O) groups excluding carboxylic acids is 1. The number of aliphatic hydroxyl groups excluding tert-OH is 2. The molecule has 1 aromatic carbocycles. The van der Waals surface area contributed by atoms with Crippen molar-refractivity contribution in [2.75, 3.05) is 37.5 Å². The summed E-state index contributed by atoms with van der Waals surface area (Å²) in [6.07, 6.45) is 0.376. The van der Waals surface area contributed by atoms with Gasteiger partial charge in [-0.1, -0.05) is 29.8 Å². The van der Waals surface area contributed by atoms with Crippen molar-refractivity contribution in [3.63, 3.8) is 0 Å². The molecule has 27 heavy (non-hydrogen) atoms. The van der Waals surface area contributed by atoms with Crippen LogP contribution in [0.4, 0.5) is 11.8 Å². The van der Waals surface area contributed by atoms with E-state index < -0.39 is 6.35 Å². The number of amides is 1. The number of halogens is 1. The number of hydrogen-bond acceptors (Lipinski definition) is 6. The van der Waals surface area contributed by atoms with Gasteiger partial charge in [0.05, 0.1) is 6.54 Å². The summed E-state index contributed by atoms with van der Waals surface area (Å²) < 4.78 is 1.79. The minimum Gasteiger partial charge on any atom is -0.396 e. The smallest absolute Gasteiger partial charge is 0.277 e. The third kappa shape index (κ3) is 3.73. The maximum atomic E-state index is 12.8. The topological polar surface area (TPSA) is 93.9 Å². The molecule has 0 saturated heterocycles. The Bertz CT molecular complexity index is 825. The number of nitrogens with zero attached hydrogens (tertiary/aromatic N) is 4. The zero-order chi connectivity index (χ0) is 19.6. The number of imidazole rings is 1. The molecular weight excluding hydrogens is 370 g/mol. The summed E-state index contributed by atoms with van der Waals surface area (Å²) in [6, 6.07) is 7.45. The fraction of sp³-hybridized carbons (Fsp3) is 0.444. The van der Waals surface area contributed by atoms with E-state index in [0.29, 0.717) is 42.0 Å². The number of carbonyl (C=O) groups is 1. The van der Waals surface area contributed by atoms with Crippen molar-refractivity contribution in [1.29, 1.82) is 0 Å². The highest BCUT2D eigenvalue weighted by molar-refractivity contribution is 6.31. The van der Waals surface area contributed by atoms with E-state index in [0.717, 1.165) is 12.0 Å². The first-order valence-electron chi connectivity index (χ1n) is 8.82. The lowest BCUT2D eigenvalue weighted by atomic mass is 10.2. The third-order valence-electron chi connectivity index (χ3n) is 4.65. The van der Waals surface area contributed by atoms with Gasteiger partial charge in [0.25, 0.3) is 5.91 Å². The molecule has 3 N–H and O–H groups in total. The van der Waals surface area contributed by atoms with Gasteiger partial charge in [-0.15, -0.1) is 0 Å². The highest BCUT2D eigenvalue weighted by Gasteiger charge is 2.38. The highest BCUT2D eigenvalue weighted by Crippen LogP contribution is 2.32. The summed E-state index contributed by atoms with van der Waals surface area (Å²) in [5, 5.41) is 23.1. The molecule has 2 heterocycles. The van der Waals surface area contributed by atoms with Crippen molar-refractivity contribution >= 4 is 29.3 Å². The molecule has 0 bridgehead atoms. The van der Waals surface area contributed by atoms with Gasteiger partial charge in [0.2, 0.25) is 12.3 Å². The van der Waals surface area contributed by atoms with Crippen LogP contribution in [0.15, 0.2) is 24.3 Å². The summed E-state index contributed by atoms with van der Waals surface area (Å²) >= 11 is 6.31. The zero-order valence-electron chi connectivity index (χ0n) is 15.4. The van der Waals surface area contributed by atoms with Crippen molar-refractivity contribution < 1.29 is 15.0 Å². The number of hydrogen-bond donors (Lipinski definition) is 3. The van der Waals surface area contributed by atoms with E-state index in [2.05, 4.69) is 10.3 Å². The lowest BCUT2D eigenvalue weighted by Gasteiger charge is -2.36. The Labute approximate surface area is 163 Å². The van der Waals surface area contributed by atoms with Gasteiger partial charge in [0.1, 0.15) is 0 Å². The Morgan fingerprint density at radius 3 is 2.67 bits per heavy atom. The van der Waals surface area contributed by atoms with Crippen LogP contribution in [0.25, 0.3) is 0 Å². The maximum absolute atomic E-state index is 12.8. The second-order valence-corrected chi connectivity index (χ2v) is 6.92. The van der Waals surface area contributed by atoms with Gasteiger partial charge in [-0.25, -0.2) is 0 Å². The van der Waals surface area contributed by atoms with Crippen LogP contribution in [-0.2, 0) is 6.54 Å². The van der Waals surface area contributed by atoms with Crippen molar-refractivity contribution in [2.45, 2.75) is 25.7 Å². The van der Waals surface area contributed by atoms with Crippen molar-refractivity contribution in [2.24, 2.45) is 0 Å². The first-order valence-corrected chi connectivity index (χ1v) is 9.20. The molecule has 1 unspecified atom stereocenters. The number of unbranched alkanes of at least 4 members (excludes halogenated alkanes) is 1. The minimum absolute atomic E-state index is 0.129. The number of fused-ring (bicyclic) bond motifs is 1. The molecule has 9 heteroatoms. The van der Waals surface area contributed by atoms with E-state index in [1.165, 1.54) is 4.90 Å². The van der Waals surface area contributed by atoms with Gasteiger partial charge in [-0.05, 0) is 24.5 Å². The molecule has 1 aliphatic heterocycles. The standard InChI is InChI=1S/C18H24ClN5O3/c1-22-15-14(16(26)23(2)18(22)27)24(11-12-7-3-4-8-13(12)19)17(21-15)20-9-5-6-10-25/h3-4,7-8,18,25,27H,5-6,9-11H2,1-2H3,(H,20,21). The van der Waals surface area contributed by atoms with E-state index in [-0.39, 0.29) is 12.5 Å². The van der Waals surface area contributed by atoms with Crippen LogP contribution in [0.5, 0.6) is 0 Å². The lowest BCUT2D eigenvalue weighted by Crippen LogP contribution is -2.52. The second kappa shape index (κ2) is 8.16. The maximum Gasteiger partial charge on any atom is 0.277 e. The molecule has 0 saturated carbocycles. The summed E-state index contributed by atoms with van der Waals surface area (Å²) in [5.74, 6) is 0.640. The Hall–Kier alpha value is -2.29. The summed E-state index contributed by atoms with van der Waals surface area (Å²) in [5.41, 5.74) is 1.26. The fourth-order valence-electron chi connectivity index (χ4n) is 3.06. The van der Waals surface area contributed by atoms with Gasteiger partial charge in [-0.3, -0.25) is 14.3 Å². The van der Waals surface area contributed by atoms with E-state index in [9.17, 15) is 9.90 Å². The zero-order valence-corrected chi connectivity index (χ0v) is 16.1. The normalized spacial score (nSPS) is 16.6. The Balaban J connectivity index is 2.01. The average Bonchev–Trinajstić information content (AvgIpc) is 3.02. The quantitative estimate of drug-likeness (QED) is 0.618. The molecule has 1 aromatic heterocycles. The number of rotatable bonds is 7. The monoisotopic (exact) mass is 393 g/mol. The SMILES string of the molecule is CN1C(=O)c2c(nc(NCCCCO)n2Cc2ccccc2Cl)N(C)C1O. The van der Waals surface area contributed by atoms with Crippen LogP contribution >= 0.6 is 11.6 Å². The molecule has 8 nitrogen and oxygen atoms in total. The largest absolute Gasteiger partial charge is 0.396 e. The van der Waals surface area contributed by atoms with Gasteiger partial charge in [0.15, 0.2) is 11.5 Å². The van der Waals surface area contributed by atoms with E-state index in [4.69, 9.17) is 16.7 Å². The van der Waals surface area contributed by atoms with E-state index in [1.807, 2.05) is 18.2 Å². The second-order valence-electron chi connectivity index (χ2n) is 6.52. The molecular formula is C18H24ClN5O3. The van der Waals surface area contributed by atoms with Gasteiger partial charge < -0.3 is 20.4 Å². The summed E-state index contributed by atoms with van der Waals surface area (Å²) in [4.78, 5) is 20.2. The molecule has 1 amide bonds. The first kappa shape index (κ1) is 19.5. The van der Waals surface area contributed by atoms with Crippen LogP contribution in [0.3, 0.4) is 0 Å². The Morgan fingerprint density at radius 2 is 1.96 bits per heavy atom. The predicted octanol–water partition coefficient (Wildman–Crippen LogP) is 1.57. The molecule has 0 spiro atoms. The first-order chi connectivity index (χ1) is 13.0. The minimum atomic E-state index is -1.07. The Kier molecular flexibility index (Phi) is 5.88. The van der Waals surface area contributed by atoms with Crippen LogP contribution in [-0.4, -0.2) is 64.2 Å². The van der Waals surface area contributed by atoms with Crippen LogP contribution in [0.2, 0.25) is 5.02 Å². The van der Waals surface area contributed by atoms with Crippen LogP contribution in [0.1, 0.15) is 28.9 Å². The van der Waals surface area contributed by atoms with Crippen molar-refractivity contribution in [1.82, 2.24) is 14.5 Å². The number of aliphatic hydroxyl groups is 2. The van der Waals surface area contributed by atoms with Gasteiger partial charge >= 0.3 is 0 Å². The van der Waals surface area contributed by atoms with Crippen LogP contribution in [0, 0.1) is 0 Å².